The minimum atomic E-state index is 0.186. The summed E-state index contributed by atoms with van der Waals surface area (Å²) in [6.45, 7) is 8.02. The minimum absolute atomic E-state index is 0.186. The molecule has 1 saturated heterocycles. The predicted molar refractivity (Wildman–Crippen MR) is 69.6 cm³/mol. The molecule has 1 fully saturated rings. The summed E-state index contributed by atoms with van der Waals surface area (Å²) in [6.07, 6.45) is 1.56. The van der Waals surface area contributed by atoms with Crippen molar-refractivity contribution in [2.24, 2.45) is 11.8 Å². The van der Waals surface area contributed by atoms with Gasteiger partial charge in [0.1, 0.15) is 5.76 Å². The van der Waals surface area contributed by atoms with E-state index in [9.17, 15) is 4.79 Å². The number of ether oxygens (including phenoxy) is 1. The largest absolute Gasteiger partial charge is 0.414 e. The number of rotatable bonds is 7. The normalized spacial score (nSPS) is 21.8. The van der Waals surface area contributed by atoms with Gasteiger partial charge >= 0.3 is 0 Å². The number of amides is 1. The third kappa shape index (κ3) is 3.99. The highest BCUT2D eigenvalue weighted by Crippen LogP contribution is 2.29. The minimum Gasteiger partial charge on any atom is -0.414 e. The summed E-state index contributed by atoms with van der Waals surface area (Å²) < 4.78 is 5.00. The number of allylic oxidation sites excluding steroid dienone is 1. The molecule has 1 heterocycles. The zero-order chi connectivity index (χ0) is 13.5. The van der Waals surface area contributed by atoms with Crippen molar-refractivity contribution in [3.05, 3.63) is 12.3 Å². The molecule has 0 saturated carbocycles. The quantitative estimate of drug-likeness (QED) is 0.549. The molecule has 0 aromatic heterocycles. The van der Waals surface area contributed by atoms with Crippen molar-refractivity contribution < 1.29 is 14.4 Å². The summed E-state index contributed by atoms with van der Waals surface area (Å²) in [4.78, 5) is 19.0. The van der Waals surface area contributed by atoms with Crippen LogP contribution in [0.25, 0.3) is 0 Å². The molecule has 0 bridgehead atoms. The van der Waals surface area contributed by atoms with Crippen LogP contribution >= 0.6 is 0 Å². The summed E-state index contributed by atoms with van der Waals surface area (Å²) in [6, 6.07) is 0. The Balaban J connectivity index is 2.44. The maximum atomic E-state index is 12.0. The first-order chi connectivity index (χ1) is 8.60. The first-order valence-electron chi connectivity index (χ1n) is 6.39. The molecule has 104 valence electrons. The number of likely N-dealkylation sites (tertiary alicyclic amines) is 1. The Bertz CT molecular complexity index is 294. The fraction of sp³-hybridized carbons (Fsp3) is 0.769. The topological polar surface area (TPSA) is 50.8 Å². The number of nitrogens with zero attached hydrogens (tertiary/aromatic N) is 1. The van der Waals surface area contributed by atoms with Crippen LogP contribution < -0.4 is 5.48 Å². The third-order valence-corrected chi connectivity index (χ3v) is 3.57. The molecule has 0 aliphatic carbocycles. The molecule has 0 aromatic carbocycles. The first-order valence-corrected chi connectivity index (χ1v) is 6.39. The van der Waals surface area contributed by atoms with E-state index in [1.54, 1.807) is 14.2 Å². The van der Waals surface area contributed by atoms with Crippen molar-refractivity contribution in [3.63, 3.8) is 0 Å². The van der Waals surface area contributed by atoms with E-state index < -0.39 is 0 Å². The van der Waals surface area contributed by atoms with Crippen LogP contribution in [0.3, 0.4) is 0 Å². The summed E-state index contributed by atoms with van der Waals surface area (Å²) in [5, 5.41) is 0. The van der Waals surface area contributed by atoms with Gasteiger partial charge in [-0.15, -0.1) is 0 Å². The Morgan fingerprint density at radius 1 is 1.67 bits per heavy atom. The Morgan fingerprint density at radius 2 is 2.39 bits per heavy atom. The molecule has 0 aromatic rings. The van der Waals surface area contributed by atoms with Crippen LogP contribution in [0.15, 0.2) is 12.3 Å². The molecular formula is C13H24N2O3. The molecule has 5 nitrogen and oxygen atoms in total. The van der Waals surface area contributed by atoms with Gasteiger partial charge in [0.25, 0.3) is 0 Å². The number of carbonyl (C=O) groups is 1. The molecule has 0 unspecified atom stereocenters. The molecule has 1 N–H and O–H groups in total. The maximum Gasteiger partial charge on any atom is 0.222 e. The van der Waals surface area contributed by atoms with Crippen molar-refractivity contribution in [1.82, 2.24) is 10.4 Å². The average Bonchev–Trinajstić information content (AvgIpc) is 2.36. The van der Waals surface area contributed by atoms with E-state index in [1.807, 2.05) is 4.90 Å². The second-order valence-electron chi connectivity index (χ2n) is 4.69. The van der Waals surface area contributed by atoms with Crippen molar-refractivity contribution in [3.8, 4) is 0 Å². The fourth-order valence-electron chi connectivity index (χ4n) is 2.25. The van der Waals surface area contributed by atoms with Gasteiger partial charge in [-0.3, -0.25) is 4.79 Å². The molecule has 5 heteroatoms. The number of nitrogens with one attached hydrogen (secondary N) is 1. The van der Waals surface area contributed by atoms with Gasteiger partial charge in [-0.25, -0.2) is 0 Å². The highest BCUT2D eigenvalue weighted by Gasteiger charge is 2.30. The van der Waals surface area contributed by atoms with E-state index in [4.69, 9.17) is 9.57 Å². The average molecular weight is 256 g/mol. The summed E-state index contributed by atoms with van der Waals surface area (Å²) in [5.74, 6) is 1.40. The van der Waals surface area contributed by atoms with Crippen LogP contribution in [0.5, 0.6) is 0 Å². The van der Waals surface area contributed by atoms with Crippen molar-refractivity contribution in [2.45, 2.75) is 19.8 Å². The van der Waals surface area contributed by atoms with E-state index >= 15 is 0 Å². The zero-order valence-electron chi connectivity index (χ0n) is 11.6. The molecule has 0 spiro atoms. The molecule has 1 aliphatic heterocycles. The van der Waals surface area contributed by atoms with Gasteiger partial charge in [0, 0.05) is 39.6 Å². The summed E-state index contributed by atoms with van der Waals surface area (Å²) in [7, 11) is 3.36. The van der Waals surface area contributed by atoms with Gasteiger partial charge in [0.05, 0.1) is 6.61 Å². The van der Waals surface area contributed by atoms with Crippen LogP contribution in [-0.4, -0.2) is 44.7 Å². The summed E-state index contributed by atoms with van der Waals surface area (Å²) >= 11 is 0. The monoisotopic (exact) mass is 256 g/mol. The third-order valence-electron chi connectivity index (χ3n) is 3.57. The van der Waals surface area contributed by atoms with Gasteiger partial charge in [-0.2, -0.15) is 5.48 Å². The zero-order valence-corrected chi connectivity index (χ0v) is 11.6. The maximum absolute atomic E-state index is 12.0. The lowest BCUT2D eigenvalue weighted by atomic mass is 9.84. The molecule has 1 amide bonds. The van der Waals surface area contributed by atoms with E-state index in [1.165, 1.54) is 0 Å². The van der Waals surface area contributed by atoms with E-state index in [0.29, 0.717) is 31.2 Å². The lowest BCUT2D eigenvalue weighted by Crippen LogP contribution is -2.42. The highest BCUT2D eigenvalue weighted by atomic mass is 16.6. The number of piperidine rings is 1. The number of methoxy groups -OCH3 is 1. The number of hydrogen-bond acceptors (Lipinski definition) is 4. The van der Waals surface area contributed by atoms with Crippen LogP contribution in [0.4, 0.5) is 0 Å². The van der Waals surface area contributed by atoms with E-state index in [0.717, 1.165) is 13.0 Å². The lowest BCUT2D eigenvalue weighted by molar-refractivity contribution is -0.136. The van der Waals surface area contributed by atoms with Crippen molar-refractivity contribution in [2.75, 3.05) is 33.9 Å². The summed E-state index contributed by atoms with van der Waals surface area (Å²) in [5.41, 5.74) is 2.62. The van der Waals surface area contributed by atoms with Gasteiger partial charge in [-0.05, 0) is 12.3 Å². The molecule has 18 heavy (non-hydrogen) atoms. The number of hydroxylamine groups is 1. The first kappa shape index (κ1) is 15.0. The van der Waals surface area contributed by atoms with Gasteiger partial charge in [0.2, 0.25) is 5.91 Å². The van der Waals surface area contributed by atoms with Gasteiger partial charge in [0.15, 0.2) is 0 Å². The van der Waals surface area contributed by atoms with Crippen LogP contribution in [0.1, 0.15) is 19.8 Å². The Kier molecular flexibility index (Phi) is 6.15. The second-order valence-corrected chi connectivity index (χ2v) is 4.69. The fourth-order valence-corrected chi connectivity index (χ4v) is 2.25. The predicted octanol–water partition coefficient (Wildman–Crippen LogP) is 1.17. The second kappa shape index (κ2) is 7.38. The van der Waals surface area contributed by atoms with Crippen molar-refractivity contribution >= 4 is 5.91 Å². The van der Waals surface area contributed by atoms with E-state index in [-0.39, 0.29) is 11.8 Å². The van der Waals surface area contributed by atoms with E-state index in [2.05, 4.69) is 19.0 Å². The smallest absolute Gasteiger partial charge is 0.222 e. The molecule has 1 rings (SSSR count). The highest BCUT2D eigenvalue weighted by molar-refractivity contribution is 5.77. The lowest BCUT2D eigenvalue weighted by Gasteiger charge is -2.34. The standard InChI is InChI=1S/C13H24N2O3/c1-10(11(2)18-14-3)12-5-6-15(7-8-17-4)13(16)9-12/h10,12,14H,2,5-9H2,1,3-4H3/t10-,12-/m1/s1. The van der Waals surface area contributed by atoms with Crippen LogP contribution in [0, 0.1) is 11.8 Å². The molecule has 2 atom stereocenters. The molecular weight excluding hydrogens is 232 g/mol. The van der Waals surface area contributed by atoms with Crippen LogP contribution in [0.2, 0.25) is 0 Å². The van der Waals surface area contributed by atoms with Gasteiger partial charge < -0.3 is 14.5 Å². The van der Waals surface area contributed by atoms with Gasteiger partial charge in [-0.1, -0.05) is 13.5 Å². The van der Waals surface area contributed by atoms with Crippen LogP contribution in [-0.2, 0) is 14.4 Å². The molecule has 0 radical (unpaired) electrons. The number of hydrogen-bond donors (Lipinski definition) is 1. The Hall–Kier alpha value is -1.07. The Morgan fingerprint density at radius 3 is 2.94 bits per heavy atom. The number of carbonyl (C=O) groups excluding carboxylic acids is 1. The van der Waals surface area contributed by atoms with Crippen molar-refractivity contribution in [1.29, 1.82) is 0 Å². The SMILES string of the molecule is C=C(ONC)[C@@H](C)[C@@H]1CCN(CCOC)C(=O)C1. The Labute approximate surface area is 109 Å². The molecule has 1 aliphatic rings.